The highest BCUT2D eigenvalue weighted by molar-refractivity contribution is 7.23. The predicted octanol–water partition coefficient (Wildman–Crippen LogP) is 5.20. The number of phenols is 1. The van der Waals surface area contributed by atoms with Crippen molar-refractivity contribution in [3.8, 4) is 5.75 Å². The summed E-state index contributed by atoms with van der Waals surface area (Å²) in [6.45, 7) is 1.26. The molecule has 0 saturated heterocycles. The highest BCUT2D eigenvalue weighted by atomic mass is 32.1. The molecule has 0 bridgehead atoms. The Balaban J connectivity index is 2.18. The number of Topliss-reactive ketones (excluding diaryl/α,β-unsaturated/α-hetero) is 1. The van der Waals surface area contributed by atoms with E-state index in [2.05, 4.69) is 5.32 Å². The van der Waals surface area contributed by atoms with Gasteiger partial charge in [-0.05, 0) is 38.7 Å². The molecule has 0 radical (unpaired) electrons. The number of nitrogens with zero attached hydrogens (tertiary/aromatic N) is 1. The van der Waals surface area contributed by atoms with Crippen LogP contribution < -0.4 is 5.32 Å². The lowest BCUT2D eigenvalue weighted by Crippen LogP contribution is -2.12. The molecule has 10 heteroatoms. The molecule has 6 nitrogen and oxygen atoms in total. The summed E-state index contributed by atoms with van der Waals surface area (Å²) in [5, 5.41) is 23.5. The van der Waals surface area contributed by atoms with Crippen LogP contribution in [0.15, 0.2) is 30.3 Å². The molecular formula is C22H21F3N2O4S. The van der Waals surface area contributed by atoms with Crippen molar-refractivity contribution in [2.75, 3.05) is 19.4 Å². The van der Waals surface area contributed by atoms with E-state index in [1.807, 2.05) is 0 Å². The van der Waals surface area contributed by atoms with E-state index in [-0.39, 0.29) is 45.9 Å². The normalized spacial score (nSPS) is 11.8. The smallest absolute Gasteiger partial charge is 0.416 e. The summed E-state index contributed by atoms with van der Waals surface area (Å²) in [5.74, 6) is -1.91. The molecule has 0 fully saturated rings. The number of hydrogen-bond donors (Lipinski definition) is 3. The number of thiophene rings is 1. The number of fused-ring (bicyclic) bond motifs is 1. The molecule has 3 N–H and O–H groups in total. The quantitative estimate of drug-likeness (QED) is 0.415. The lowest BCUT2D eigenvalue weighted by molar-refractivity contribution is -0.138. The number of rotatable bonds is 7. The second kappa shape index (κ2) is 8.79. The summed E-state index contributed by atoms with van der Waals surface area (Å²) in [4.78, 5) is 26.1. The number of benzene rings is 2. The van der Waals surface area contributed by atoms with Gasteiger partial charge in [-0.1, -0.05) is 18.2 Å². The van der Waals surface area contributed by atoms with Gasteiger partial charge in [0, 0.05) is 34.3 Å². The van der Waals surface area contributed by atoms with Crippen LogP contribution >= 0.6 is 11.3 Å². The Morgan fingerprint density at radius 1 is 1.19 bits per heavy atom. The van der Waals surface area contributed by atoms with Crippen LogP contribution in [0.3, 0.4) is 0 Å². The Hall–Kier alpha value is -3.11. The minimum Gasteiger partial charge on any atom is -0.508 e. The van der Waals surface area contributed by atoms with Crippen molar-refractivity contribution in [3.63, 3.8) is 0 Å². The van der Waals surface area contributed by atoms with Gasteiger partial charge in [-0.15, -0.1) is 11.3 Å². The van der Waals surface area contributed by atoms with E-state index < -0.39 is 23.5 Å². The van der Waals surface area contributed by atoms with Gasteiger partial charge in [-0.25, -0.2) is 4.79 Å². The number of aromatic hydroxyl groups is 1. The van der Waals surface area contributed by atoms with Gasteiger partial charge in [0.25, 0.3) is 0 Å². The number of phenolic OH excluding ortho intramolecular Hbond substituents is 1. The Labute approximate surface area is 185 Å². The number of nitrogens with one attached hydrogen (secondary N) is 1. The minimum absolute atomic E-state index is 0.0393. The number of carboxylic acids is 1. The maximum atomic E-state index is 13.3. The van der Waals surface area contributed by atoms with Gasteiger partial charge >= 0.3 is 12.1 Å². The highest BCUT2D eigenvalue weighted by Crippen LogP contribution is 2.44. The van der Waals surface area contributed by atoms with Crippen LogP contribution in [0.5, 0.6) is 5.75 Å². The monoisotopic (exact) mass is 466 g/mol. The fourth-order valence-electron chi connectivity index (χ4n) is 3.51. The largest absolute Gasteiger partial charge is 0.508 e. The molecule has 0 atom stereocenters. The first-order chi connectivity index (χ1) is 14.9. The molecule has 32 heavy (non-hydrogen) atoms. The molecule has 1 aromatic heterocycles. The maximum Gasteiger partial charge on any atom is 0.416 e. The van der Waals surface area contributed by atoms with Gasteiger partial charge in [-0.3, -0.25) is 4.79 Å². The molecule has 0 unspecified atom stereocenters. The van der Waals surface area contributed by atoms with Crippen LogP contribution in [0, 0.1) is 0 Å². The number of ketones is 1. The first kappa shape index (κ1) is 23.6. The molecule has 0 spiro atoms. The topological polar surface area (TPSA) is 89.9 Å². The van der Waals surface area contributed by atoms with E-state index in [4.69, 9.17) is 0 Å². The number of anilines is 1. The summed E-state index contributed by atoms with van der Waals surface area (Å²) in [6, 6.07) is 6.26. The number of carboxylic acid groups (broad SMARTS) is 1. The molecule has 0 aliphatic carbocycles. The summed E-state index contributed by atoms with van der Waals surface area (Å²) in [6.07, 6.45) is -4.56. The molecular weight excluding hydrogens is 445 g/mol. The van der Waals surface area contributed by atoms with Crippen molar-refractivity contribution < 1.29 is 33.0 Å². The zero-order valence-corrected chi connectivity index (χ0v) is 18.3. The molecule has 2 aromatic carbocycles. The van der Waals surface area contributed by atoms with Gasteiger partial charge in [0.15, 0.2) is 5.78 Å². The SMILES string of the molecule is CC(=O)c1cc(O)c(CN(C)C)c2sc(NCc3ccccc3C(F)(F)F)c(C(=O)O)c12. The van der Waals surface area contributed by atoms with E-state index >= 15 is 0 Å². The first-order valence-corrected chi connectivity index (χ1v) is 10.3. The van der Waals surface area contributed by atoms with Gasteiger partial charge < -0.3 is 20.4 Å². The first-order valence-electron chi connectivity index (χ1n) is 9.51. The van der Waals surface area contributed by atoms with Crippen molar-refractivity contribution in [2.24, 2.45) is 0 Å². The third kappa shape index (κ3) is 4.56. The lowest BCUT2D eigenvalue weighted by Gasteiger charge is -2.14. The fourth-order valence-corrected chi connectivity index (χ4v) is 4.76. The zero-order chi connectivity index (χ0) is 23.8. The molecule has 3 aromatic rings. The number of hydrogen-bond acceptors (Lipinski definition) is 6. The van der Waals surface area contributed by atoms with Crippen molar-refractivity contribution in [3.05, 3.63) is 58.1 Å². The van der Waals surface area contributed by atoms with Crippen LogP contribution in [0.1, 0.15) is 44.3 Å². The fraction of sp³-hybridized carbons (Fsp3) is 0.273. The second-order valence-corrected chi connectivity index (χ2v) is 8.56. The lowest BCUT2D eigenvalue weighted by atomic mass is 9.99. The van der Waals surface area contributed by atoms with Gasteiger partial charge in [0.05, 0.1) is 5.56 Å². The van der Waals surface area contributed by atoms with E-state index in [1.165, 1.54) is 31.2 Å². The summed E-state index contributed by atoms with van der Waals surface area (Å²) in [7, 11) is 3.53. The third-order valence-corrected chi connectivity index (χ3v) is 6.08. The van der Waals surface area contributed by atoms with Crippen molar-refractivity contribution >= 4 is 38.2 Å². The number of carbonyl (C=O) groups is 2. The van der Waals surface area contributed by atoms with Crippen molar-refractivity contribution in [1.82, 2.24) is 4.90 Å². The number of aromatic carboxylic acids is 1. The molecule has 3 rings (SSSR count). The van der Waals surface area contributed by atoms with Gasteiger partial charge in [0.1, 0.15) is 16.3 Å². The molecule has 0 aliphatic rings. The minimum atomic E-state index is -4.56. The van der Waals surface area contributed by atoms with Crippen molar-refractivity contribution in [1.29, 1.82) is 0 Å². The van der Waals surface area contributed by atoms with Crippen LogP contribution in [0.2, 0.25) is 0 Å². The van der Waals surface area contributed by atoms with Gasteiger partial charge in [0.2, 0.25) is 0 Å². The Morgan fingerprint density at radius 3 is 2.41 bits per heavy atom. The molecule has 0 saturated carbocycles. The molecule has 170 valence electrons. The van der Waals surface area contributed by atoms with Crippen LogP contribution in [-0.4, -0.2) is 41.0 Å². The summed E-state index contributed by atoms with van der Waals surface area (Å²) < 4.78 is 40.4. The van der Waals surface area contributed by atoms with E-state index in [1.54, 1.807) is 19.0 Å². The Kier molecular flexibility index (Phi) is 6.47. The van der Waals surface area contributed by atoms with Crippen LogP contribution in [-0.2, 0) is 19.3 Å². The molecule has 0 amide bonds. The van der Waals surface area contributed by atoms with Gasteiger partial charge in [-0.2, -0.15) is 13.2 Å². The standard InChI is InChI=1S/C22H21F3N2O4S/c1-11(28)13-8-16(29)14(10-27(2)3)19-17(13)18(21(30)31)20(32-19)26-9-12-6-4-5-7-15(12)22(23,24)25/h4-8,26,29H,9-10H2,1-3H3,(H,30,31). The van der Waals surface area contributed by atoms with E-state index in [0.717, 1.165) is 17.4 Å². The van der Waals surface area contributed by atoms with E-state index in [9.17, 15) is 33.0 Å². The number of alkyl halides is 3. The summed E-state index contributed by atoms with van der Waals surface area (Å²) >= 11 is 0.987. The zero-order valence-electron chi connectivity index (χ0n) is 17.5. The molecule has 0 aliphatic heterocycles. The predicted molar refractivity (Wildman–Crippen MR) is 117 cm³/mol. The Morgan fingerprint density at radius 2 is 1.84 bits per heavy atom. The maximum absolute atomic E-state index is 13.3. The number of halogens is 3. The Bertz CT molecular complexity index is 1200. The van der Waals surface area contributed by atoms with Crippen LogP contribution in [0.25, 0.3) is 10.1 Å². The van der Waals surface area contributed by atoms with Crippen molar-refractivity contribution in [2.45, 2.75) is 26.2 Å². The van der Waals surface area contributed by atoms with Crippen LogP contribution in [0.4, 0.5) is 18.2 Å². The summed E-state index contributed by atoms with van der Waals surface area (Å²) in [5.41, 5.74) is -0.596. The number of carbonyl (C=O) groups excluding carboxylic acids is 1. The average Bonchev–Trinajstić information content (AvgIpc) is 3.07. The average molecular weight is 466 g/mol. The third-order valence-electron chi connectivity index (χ3n) is 4.87. The highest BCUT2D eigenvalue weighted by Gasteiger charge is 2.33. The molecule has 1 heterocycles. The second-order valence-electron chi connectivity index (χ2n) is 7.54. The van der Waals surface area contributed by atoms with E-state index in [0.29, 0.717) is 10.3 Å².